The van der Waals surface area contributed by atoms with Gasteiger partial charge in [0.05, 0.1) is 13.2 Å². The van der Waals surface area contributed by atoms with Crippen molar-refractivity contribution in [2.75, 3.05) is 19.8 Å². The Bertz CT molecular complexity index is 314. The van der Waals surface area contributed by atoms with Crippen LogP contribution in [0.15, 0.2) is 0 Å². The van der Waals surface area contributed by atoms with E-state index in [4.69, 9.17) is 9.47 Å². The van der Waals surface area contributed by atoms with E-state index in [0.29, 0.717) is 6.10 Å². The lowest BCUT2D eigenvalue weighted by Gasteiger charge is -2.17. The molecular weight excluding hydrogens is 356 g/mol. The summed E-state index contributed by atoms with van der Waals surface area (Å²) in [7, 11) is 0. The quantitative estimate of drug-likeness (QED) is 0.117. The second-order valence-electron chi connectivity index (χ2n) is 9.59. The molecular formula is C27H54O2. The summed E-state index contributed by atoms with van der Waals surface area (Å²) in [6, 6.07) is 0. The predicted octanol–water partition coefficient (Wildman–Crippen LogP) is 8.86. The first-order chi connectivity index (χ1) is 14.4. The number of unbranched alkanes of at least 4 members (excludes halogenated alkanes) is 16. The molecule has 0 bridgehead atoms. The van der Waals surface area contributed by atoms with Crippen molar-refractivity contribution in [1.82, 2.24) is 0 Å². The number of hydrogen-bond donors (Lipinski definition) is 0. The molecule has 0 N–H and O–H groups in total. The van der Waals surface area contributed by atoms with Crippen LogP contribution in [0.1, 0.15) is 142 Å². The highest BCUT2D eigenvalue weighted by Gasteiger charge is 2.22. The molecule has 174 valence electrons. The normalized spacial score (nSPS) is 17.0. The third-order valence-electron chi connectivity index (χ3n) is 6.49. The first-order valence-electron chi connectivity index (χ1n) is 13.6. The van der Waals surface area contributed by atoms with Gasteiger partial charge < -0.3 is 9.47 Å². The van der Waals surface area contributed by atoms with E-state index in [0.717, 1.165) is 25.7 Å². The molecule has 1 heterocycles. The lowest BCUT2D eigenvalue weighted by molar-refractivity contribution is 0.0787. The summed E-state index contributed by atoms with van der Waals surface area (Å²) >= 11 is 0. The Labute approximate surface area is 183 Å². The molecule has 1 aliphatic heterocycles. The highest BCUT2D eigenvalue weighted by atomic mass is 16.6. The Kier molecular flexibility index (Phi) is 19.7. The summed E-state index contributed by atoms with van der Waals surface area (Å²) in [4.78, 5) is 0. The van der Waals surface area contributed by atoms with E-state index in [1.807, 2.05) is 0 Å². The average Bonchev–Trinajstić information content (AvgIpc) is 3.55. The standard InChI is InChI=1S/C27H54O2/c1-3-5-7-9-11-13-14-16-18-20-22-26(23-28-24-27-25-29-27)21-19-17-15-12-10-8-6-4-2/h26-27H,3-25H2,1-2H3. The smallest absolute Gasteiger partial charge is 0.104 e. The van der Waals surface area contributed by atoms with E-state index in [9.17, 15) is 0 Å². The lowest BCUT2D eigenvalue weighted by atomic mass is 9.94. The molecule has 29 heavy (non-hydrogen) atoms. The van der Waals surface area contributed by atoms with Gasteiger partial charge in [0.2, 0.25) is 0 Å². The van der Waals surface area contributed by atoms with Gasteiger partial charge in [-0.1, -0.05) is 129 Å². The Morgan fingerprint density at radius 3 is 1.38 bits per heavy atom. The van der Waals surface area contributed by atoms with Gasteiger partial charge in [0.15, 0.2) is 0 Å². The van der Waals surface area contributed by atoms with Gasteiger partial charge in [0.1, 0.15) is 6.10 Å². The molecule has 0 aliphatic carbocycles. The van der Waals surface area contributed by atoms with Gasteiger partial charge >= 0.3 is 0 Å². The molecule has 0 amide bonds. The average molecular weight is 411 g/mol. The van der Waals surface area contributed by atoms with Crippen LogP contribution in [-0.4, -0.2) is 25.9 Å². The van der Waals surface area contributed by atoms with Crippen molar-refractivity contribution in [2.45, 2.75) is 148 Å². The predicted molar refractivity (Wildman–Crippen MR) is 128 cm³/mol. The van der Waals surface area contributed by atoms with Gasteiger partial charge in [-0.05, 0) is 18.8 Å². The van der Waals surface area contributed by atoms with Crippen molar-refractivity contribution in [2.24, 2.45) is 5.92 Å². The van der Waals surface area contributed by atoms with Crippen molar-refractivity contribution in [1.29, 1.82) is 0 Å². The van der Waals surface area contributed by atoms with Crippen LogP contribution in [-0.2, 0) is 9.47 Å². The number of hydrogen-bond acceptors (Lipinski definition) is 2. The Hall–Kier alpha value is -0.0800. The zero-order chi connectivity index (χ0) is 20.8. The number of ether oxygens (including phenoxy) is 2. The van der Waals surface area contributed by atoms with Crippen LogP contribution >= 0.6 is 0 Å². The Balaban J connectivity index is 1.98. The highest BCUT2D eigenvalue weighted by Crippen LogP contribution is 2.21. The van der Waals surface area contributed by atoms with Crippen LogP contribution in [0.25, 0.3) is 0 Å². The summed E-state index contributed by atoms with van der Waals surface area (Å²) in [5.41, 5.74) is 0. The molecule has 0 aromatic carbocycles. The topological polar surface area (TPSA) is 21.8 Å². The molecule has 2 atom stereocenters. The SMILES string of the molecule is CCCCCCCCCCCCC(CCCCCCCCCC)COCC1CO1. The van der Waals surface area contributed by atoms with Crippen molar-refractivity contribution in [3.05, 3.63) is 0 Å². The minimum atomic E-state index is 0.413. The molecule has 0 aromatic rings. The van der Waals surface area contributed by atoms with Gasteiger partial charge in [0, 0.05) is 6.61 Å². The number of epoxide rings is 1. The molecule has 1 aliphatic rings. The minimum absolute atomic E-state index is 0.413. The second kappa shape index (κ2) is 21.2. The van der Waals surface area contributed by atoms with Gasteiger partial charge in [-0.25, -0.2) is 0 Å². The summed E-state index contributed by atoms with van der Waals surface area (Å²) in [5.74, 6) is 0.780. The largest absolute Gasteiger partial charge is 0.378 e. The zero-order valence-electron chi connectivity index (χ0n) is 20.2. The summed E-state index contributed by atoms with van der Waals surface area (Å²) in [6.45, 7) is 7.31. The van der Waals surface area contributed by atoms with Crippen LogP contribution in [0.3, 0.4) is 0 Å². The molecule has 0 saturated carbocycles. The molecule has 1 saturated heterocycles. The van der Waals surface area contributed by atoms with Crippen LogP contribution in [0.2, 0.25) is 0 Å². The molecule has 0 spiro atoms. The Morgan fingerprint density at radius 1 is 0.621 bits per heavy atom. The van der Waals surface area contributed by atoms with E-state index in [2.05, 4.69) is 13.8 Å². The maximum absolute atomic E-state index is 5.96. The molecule has 2 heteroatoms. The fourth-order valence-electron chi connectivity index (χ4n) is 4.33. The van der Waals surface area contributed by atoms with Gasteiger partial charge in [-0.2, -0.15) is 0 Å². The van der Waals surface area contributed by atoms with E-state index >= 15 is 0 Å². The van der Waals surface area contributed by atoms with E-state index in [1.54, 1.807) is 0 Å². The minimum Gasteiger partial charge on any atom is -0.378 e. The zero-order valence-corrected chi connectivity index (χ0v) is 20.2. The van der Waals surface area contributed by atoms with Gasteiger partial charge in [-0.15, -0.1) is 0 Å². The monoisotopic (exact) mass is 410 g/mol. The van der Waals surface area contributed by atoms with Gasteiger partial charge in [0.25, 0.3) is 0 Å². The van der Waals surface area contributed by atoms with Crippen LogP contribution in [0.5, 0.6) is 0 Å². The molecule has 2 unspecified atom stereocenters. The van der Waals surface area contributed by atoms with Crippen LogP contribution in [0.4, 0.5) is 0 Å². The van der Waals surface area contributed by atoms with Crippen molar-refractivity contribution in [3.8, 4) is 0 Å². The van der Waals surface area contributed by atoms with Crippen molar-refractivity contribution < 1.29 is 9.47 Å². The van der Waals surface area contributed by atoms with E-state index in [-0.39, 0.29) is 0 Å². The molecule has 2 nitrogen and oxygen atoms in total. The fourth-order valence-corrected chi connectivity index (χ4v) is 4.33. The lowest BCUT2D eigenvalue weighted by Crippen LogP contribution is -2.13. The number of rotatable bonds is 24. The fraction of sp³-hybridized carbons (Fsp3) is 1.00. The maximum atomic E-state index is 5.96. The second-order valence-corrected chi connectivity index (χ2v) is 9.59. The van der Waals surface area contributed by atoms with E-state index in [1.165, 1.54) is 128 Å². The molecule has 0 radical (unpaired) electrons. The van der Waals surface area contributed by atoms with Crippen LogP contribution in [0, 0.1) is 5.92 Å². The van der Waals surface area contributed by atoms with Crippen molar-refractivity contribution in [3.63, 3.8) is 0 Å². The third-order valence-corrected chi connectivity index (χ3v) is 6.49. The molecule has 1 rings (SSSR count). The Morgan fingerprint density at radius 2 is 1.00 bits per heavy atom. The van der Waals surface area contributed by atoms with Crippen LogP contribution < -0.4 is 0 Å². The summed E-state index contributed by atoms with van der Waals surface area (Å²) < 4.78 is 11.2. The first-order valence-corrected chi connectivity index (χ1v) is 13.6. The summed E-state index contributed by atoms with van der Waals surface area (Å²) in [5, 5.41) is 0. The molecule has 0 aromatic heterocycles. The summed E-state index contributed by atoms with van der Waals surface area (Å²) in [6.07, 6.45) is 28.8. The maximum Gasteiger partial charge on any atom is 0.104 e. The van der Waals surface area contributed by atoms with Gasteiger partial charge in [-0.3, -0.25) is 0 Å². The highest BCUT2D eigenvalue weighted by molar-refractivity contribution is 4.68. The third kappa shape index (κ3) is 19.6. The van der Waals surface area contributed by atoms with E-state index < -0.39 is 0 Å². The first kappa shape index (κ1) is 27.0. The van der Waals surface area contributed by atoms with Crippen molar-refractivity contribution >= 4 is 0 Å². The molecule has 1 fully saturated rings.